The molecule has 10 heavy (non-hydrogen) atoms. The fourth-order valence-corrected chi connectivity index (χ4v) is 1.15. The van der Waals surface area contributed by atoms with Gasteiger partial charge in [0.25, 0.3) is 0 Å². The molecule has 0 spiro atoms. The van der Waals surface area contributed by atoms with Crippen LogP contribution in [0, 0.1) is 0 Å². The third-order valence-electron chi connectivity index (χ3n) is 0.679. The number of hydrogen-bond acceptors (Lipinski definition) is 3. The molecule has 58 valence electrons. The first-order chi connectivity index (χ1) is 4.54. The molecule has 0 radical (unpaired) electrons. The maximum Gasteiger partial charge on any atom is 0.240 e. The number of halogens is 2. The van der Waals surface area contributed by atoms with Crippen molar-refractivity contribution in [2.45, 2.75) is 12.3 Å². The van der Waals surface area contributed by atoms with Crippen LogP contribution < -0.4 is 0 Å². The van der Waals surface area contributed by atoms with Gasteiger partial charge in [-0.05, 0) is 11.6 Å². The molecule has 1 atom stereocenters. The zero-order chi connectivity index (χ0) is 8.15. The molecule has 0 bridgehead atoms. The summed E-state index contributed by atoms with van der Waals surface area (Å²) < 4.78 is 0. The lowest BCUT2D eigenvalue weighted by molar-refractivity contribution is -0.111. The molecule has 0 aliphatic carbocycles. The van der Waals surface area contributed by atoms with E-state index < -0.39 is 10.6 Å². The van der Waals surface area contributed by atoms with Crippen LogP contribution in [0.1, 0.15) is 6.92 Å². The van der Waals surface area contributed by atoms with E-state index in [-0.39, 0.29) is 10.9 Å². The number of hydrogen-bond donors (Lipinski definition) is 0. The summed E-state index contributed by atoms with van der Waals surface area (Å²) in [5, 5.41) is -1.44. The summed E-state index contributed by atoms with van der Waals surface area (Å²) in [6.07, 6.45) is 0. The maximum absolute atomic E-state index is 10.3. The summed E-state index contributed by atoms with van der Waals surface area (Å²) in [4.78, 5) is 20.6. The molecule has 0 heterocycles. The molecule has 0 saturated carbocycles. The van der Waals surface area contributed by atoms with Crippen LogP contribution in [0.25, 0.3) is 0 Å². The van der Waals surface area contributed by atoms with Crippen molar-refractivity contribution in [2.24, 2.45) is 0 Å². The molecule has 0 aromatic rings. The number of carbonyl (C=O) groups excluding carboxylic acids is 2. The molecule has 0 aromatic heterocycles. The molecule has 0 N–H and O–H groups in total. The van der Waals surface area contributed by atoms with Crippen molar-refractivity contribution in [3.8, 4) is 0 Å². The minimum atomic E-state index is -0.754. The van der Waals surface area contributed by atoms with E-state index in [9.17, 15) is 9.59 Å². The highest BCUT2D eigenvalue weighted by Crippen LogP contribution is 2.10. The predicted octanol–water partition coefficient (Wildman–Crippen LogP) is 1.64. The van der Waals surface area contributed by atoms with Crippen molar-refractivity contribution in [3.63, 3.8) is 0 Å². The second kappa shape index (κ2) is 4.99. The predicted molar refractivity (Wildman–Crippen MR) is 43.6 cm³/mol. The number of rotatable bonds is 3. The van der Waals surface area contributed by atoms with E-state index in [0.717, 1.165) is 11.8 Å². The van der Waals surface area contributed by atoms with Gasteiger partial charge in [0.2, 0.25) is 5.24 Å². The minimum Gasteiger partial charge on any atom is -0.288 e. The molecule has 0 aliphatic rings. The van der Waals surface area contributed by atoms with Gasteiger partial charge in [0.1, 0.15) is 5.38 Å². The van der Waals surface area contributed by atoms with Crippen LogP contribution in [0.3, 0.4) is 0 Å². The maximum atomic E-state index is 10.3. The Balaban J connectivity index is 3.49. The van der Waals surface area contributed by atoms with Crippen LogP contribution >= 0.6 is 35.0 Å². The second-order valence-electron chi connectivity index (χ2n) is 1.57. The lowest BCUT2D eigenvalue weighted by Gasteiger charge is -1.98. The molecule has 0 amide bonds. The molecular formula is C5H6Cl2O2S. The van der Waals surface area contributed by atoms with Crippen molar-refractivity contribution >= 4 is 45.3 Å². The average Bonchev–Trinajstić information content (AvgIpc) is 1.82. The zero-order valence-corrected chi connectivity index (χ0v) is 7.59. The van der Waals surface area contributed by atoms with E-state index in [1.807, 2.05) is 0 Å². The highest BCUT2D eigenvalue weighted by molar-refractivity contribution is 8.13. The van der Waals surface area contributed by atoms with E-state index >= 15 is 0 Å². The standard InChI is InChI=1S/C5H6Cl2O2S/c1-3(8)10-2-4(6)5(7)9/h4H,2H2,1H3. The molecule has 0 aliphatic heterocycles. The first-order valence-electron chi connectivity index (χ1n) is 2.51. The van der Waals surface area contributed by atoms with E-state index in [2.05, 4.69) is 0 Å². The Hall–Kier alpha value is 0.270. The molecule has 0 aromatic carbocycles. The van der Waals surface area contributed by atoms with Gasteiger partial charge in [-0.3, -0.25) is 9.59 Å². The van der Waals surface area contributed by atoms with Crippen LogP contribution in [0.15, 0.2) is 0 Å². The van der Waals surface area contributed by atoms with Crippen molar-refractivity contribution in [1.82, 2.24) is 0 Å². The first-order valence-corrected chi connectivity index (χ1v) is 4.31. The minimum absolute atomic E-state index is 0.0661. The van der Waals surface area contributed by atoms with Crippen LogP contribution in [0.2, 0.25) is 0 Å². The van der Waals surface area contributed by atoms with Crippen molar-refractivity contribution in [3.05, 3.63) is 0 Å². The Morgan fingerprint density at radius 3 is 2.40 bits per heavy atom. The summed E-state index contributed by atoms with van der Waals surface area (Å²) in [5.41, 5.74) is 0. The van der Waals surface area contributed by atoms with Gasteiger partial charge in [-0.1, -0.05) is 11.8 Å². The van der Waals surface area contributed by atoms with Gasteiger partial charge in [0, 0.05) is 12.7 Å². The lowest BCUT2D eigenvalue weighted by Crippen LogP contribution is -2.11. The summed E-state index contributed by atoms with van der Waals surface area (Å²) >= 11 is 11.4. The van der Waals surface area contributed by atoms with Gasteiger partial charge in [-0.25, -0.2) is 0 Å². The molecule has 1 unspecified atom stereocenters. The van der Waals surface area contributed by atoms with Gasteiger partial charge in [-0.2, -0.15) is 0 Å². The Kier molecular flexibility index (Phi) is 5.13. The van der Waals surface area contributed by atoms with Gasteiger partial charge < -0.3 is 0 Å². The van der Waals surface area contributed by atoms with Crippen molar-refractivity contribution in [2.75, 3.05) is 5.75 Å². The van der Waals surface area contributed by atoms with Crippen LogP contribution in [-0.2, 0) is 9.59 Å². The Bertz CT molecular complexity index is 149. The number of alkyl halides is 1. The van der Waals surface area contributed by atoms with Crippen LogP contribution in [-0.4, -0.2) is 21.5 Å². The van der Waals surface area contributed by atoms with Crippen molar-refractivity contribution in [1.29, 1.82) is 0 Å². The second-order valence-corrected chi connectivity index (χ2v) is 3.67. The smallest absolute Gasteiger partial charge is 0.240 e. The van der Waals surface area contributed by atoms with E-state index in [1.54, 1.807) is 0 Å². The molecule has 0 rings (SSSR count). The molecule has 5 heteroatoms. The van der Waals surface area contributed by atoms with Gasteiger partial charge >= 0.3 is 0 Å². The third kappa shape index (κ3) is 5.09. The number of thioether (sulfide) groups is 1. The largest absolute Gasteiger partial charge is 0.288 e. The fraction of sp³-hybridized carbons (Fsp3) is 0.600. The Labute approximate surface area is 73.3 Å². The van der Waals surface area contributed by atoms with Gasteiger partial charge in [-0.15, -0.1) is 11.6 Å². The summed E-state index contributed by atoms with van der Waals surface area (Å²) in [6, 6.07) is 0. The molecule has 0 saturated heterocycles. The Morgan fingerprint density at radius 2 is 2.10 bits per heavy atom. The molecular weight excluding hydrogens is 195 g/mol. The summed E-state index contributed by atoms with van der Waals surface area (Å²) in [7, 11) is 0. The summed E-state index contributed by atoms with van der Waals surface area (Å²) in [6.45, 7) is 1.41. The third-order valence-corrected chi connectivity index (χ3v) is 2.50. The Morgan fingerprint density at radius 1 is 1.60 bits per heavy atom. The van der Waals surface area contributed by atoms with E-state index in [1.165, 1.54) is 6.92 Å². The SMILES string of the molecule is CC(=O)SCC(Cl)C(=O)Cl. The summed E-state index contributed by atoms with van der Waals surface area (Å²) in [5.74, 6) is 0.249. The lowest BCUT2D eigenvalue weighted by atomic mass is 10.5. The van der Waals surface area contributed by atoms with Crippen molar-refractivity contribution < 1.29 is 9.59 Å². The molecule has 0 fully saturated rings. The highest BCUT2D eigenvalue weighted by Gasteiger charge is 2.12. The zero-order valence-electron chi connectivity index (χ0n) is 5.27. The van der Waals surface area contributed by atoms with E-state index in [0.29, 0.717) is 0 Å². The normalized spacial score (nSPS) is 12.7. The van der Waals surface area contributed by atoms with Crippen LogP contribution in [0.5, 0.6) is 0 Å². The van der Waals surface area contributed by atoms with E-state index in [4.69, 9.17) is 23.2 Å². The van der Waals surface area contributed by atoms with Crippen LogP contribution in [0.4, 0.5) is 0 Å². The quantitative estimate of drug-likeness (QED) is 0.514. The number of carbonyl (C=O) groups is 2. The highest BCUT2D eigenvalue weighted by atomic mass is 35.5. The van der Waals surface area contributed by atoms with Gasteiger partial charge in [0.15, 0.2) is 5.12 Å². The first kappa shape index (κ1) is 10.3. The average molecular weight is 201 g/mol. The monoisotopic (exact) mass is 200 g/mol. The van der Waals surface area contributed by atoms with Gasteiger partial charge in [0.05, 0.1) is 0 Å². The molecule has 2 nitrogen and oxygen atoms in total. The topological polar surface area (TPSA) is 34.1 Å². The fourth-order valence-electron chi connectivity index (χ4n) is 0.256.